The minimum atomic E-state index is 0. The summed E-state index contributed by atoms with van der Waals surface area (Å²) >= 11 is 0. The van der Waals surface area contributed by atoms with Gasteiger partial charge in [0.1, 0.15) is 5.82 Å². The van der Waals surface area contributed by atoms with Crippen LogP contribution in [0.5, 0.6) is 0 Å². The Balaban J connectivity index is 0.00000225. The predicted molar refractivity (Wildman–Crippen MR) is 115 cm³/mol. The third kappa shape index (κ3) is 5.70. The number of likely N-dealkylation sites (N-methyl/N-ethyl adjacent to an activating group) is 1. The molecule has 0 atom stereocenters. The van der Waals surface area contributed by atoms with E-state index in [1.54, 1.807) is 0 Å². The van der Waals surface area contributed by atoms with Crippen molar-refractivity contribution >= 4 is 35.8 Å². The number of guanidine groups is 1. The number of aliphatic imine (C=N–C) groups is 1. The van der Waals surface area contributed by atoms with E-state index in [4.69, 9.17) is 0 Å². The Morgan fingerprint density at radius 3 is 2.60 bits per heavy atom. The Bertz CT molecular complexity index is 526. The van der Waals surface area contributed by atoms with Gasteiger partial charge in [-0.25, -0.2) is 4.98 Å². The van der Waals surface area contributed by atoms with Crippen molar-refractivity contribution in [3.05, 3.63) is 24.4 Å². The van der Waals surface area contributed by atoms with E-state index in [1.165, 1.54) is 12.8 Å². The van der Waals surface area contributed by atoms with Gasteiger partial charge in [0, 0.05) is 58.6 Å². The number of pyridine rings is 1. The van der Waals surface area contributed by atoms with Crippen LogP contribution < -0.4 is 10.2 Å². The third-order valence-corrected chi connectivity index (χ3v) is 4.92. The van der Waals surface area contributed by atoms with Crippen LogP contribution in [-0.4, -0.2) is 79.6 Å². The Morgan fingerprint density at radius 2 is 2.04 bits per heavy atom. The summed E-state index contributed by atoms with van der Waals surface area (Å²) < 4.78 is 0. The molecule has 1 aromatic heterocycles. The van der Waals surface area contributed by atoms with Crippen LogP contribution in [0.1, 0.15) is 19.8 Å². The predicted octanol–water partition coefficient (Wildman–Crippen LogP) is 1.88. The van der Waals surface area contributed by atoms with Crippen molar-refractivity contribution in [1.82, 2.24) is 20.1 Å². The molecule has 1 N–H and O–H groups in total. The van der Waals surface area contributed by atoms with E-state index in [0.29, 0.717) is 0 Å². The quantitative estimate of drug-likeness (QED) is 0.401. The lowest BCUT2D eigenvalue weighted by Gasteiger charge is -2.37. The Hall–Kier alpha value is -1.09. The van der Waals surface area contributed by atoms with Crippen LogP contribution in [0.2, 0.25) is 0 Å². The summed E-state index contributed by atoms with van der Waals surface area (Å²) in [5, 5.41) is 3.54. The van der Waals surface area contributed by atoms with Crippen molar-refractivity contribution in [1.29, 1.82) is 0 Å². The van der Waals surface area contributed by atoms with E-state index in [9.17, 15) is 0 Å². The van der Waals surface area contributed by atoms with E-state index >= 15 is 0 Å². The molecule has 2 fully saturated rings. The van der Waals surface area contributed by atoms with Crippen molar-refractivity contribution in [3.63, 3.8) is 0 Å². The van der Waals surface area contributed by atoms with E-state index in [-0.39, 0.29) is 24.0 Å². The normalized spacial score (nSPS) is 18.3. The zero-order valence-corrected chi connectivity index (χ0v) is 17.7. The summed E-state index contributed by atoms with van der Waals surface area (Å²) in [7, 11) is 1.88. The van der Waals surface area contributed by atoms with E-state index < -0.39 is 0 Å². The minimum Gasteiger partial charge on any atom is -0.355 e. The van der Waals surface area contributed by atoms with Crippen molar-refractivity contribution in [2.24, 2.45) is 4.99 Å². The van der Waals surface area contributed by atoms with Gasteiger partial charge in [0.2, 0.25) is 0 Å². The zero-order valence-electron chi connectivity index (χ0n) is 15.4. The van der Waals surface area contributed by atoms with Gasteiger partial charge in [0.25, 0.3) is 0 Å². The molecule has 140 valence electrons. The zero-order chi connectivity index (χ0) is 16.8. The van der Waals surface area contributed by atoms with Crippen molar-refractivity contribution in [2.75, 3.05) is 57.8 Å². The van der Waals surface area contributed by atoms with Gasteiger partial charge in [-0.1, -0.05) is 13.0 Å². The maximum atomic E-state index is 4.47. The van der Waals surface area contributed by atoms with Gasteiger partial charge in [-0.3, -0.25) is 9.89 Å². The van der Waals surface area contributed by atoms with E-state index in [2.05, 4.69) is 49.0 Å². The molecule has 1 saturated heterocycles. The van der Waals surface area contributed by atoms with Gasteiger partial charge in [0.05, 0.1) is 0 Å². The van der Waals surface area contributed by atoms with Crippen molar-refractivity contribution in [3.8, 4) is 0 Å². The Morgan fingerprint density at radius 1 is 1.28 bits per heavy atom. The molecule has 1 aromatic rings. The fraction of sp³-hybridized carbons (Fsp3) is 0.667. The standard InChI is InChI=1S/C18H30N6.HI/c1-3-22(16-7-8-16)11-10-21-18(19-2)24-14-12-23(13-15-24)17-6-4-5-9-20-17;/h4-6,9,16H,3,7-8,10-15H2,1-2H3,(H,19,21);1H. The molecule has 0 radical (unpaired) electrons. The summed E-state index contributed by atoms with van der Waals surface area (Å²) in [6.07, 6.45) is 4.61. The summed E-state index contributed by atoms with van der Waals surface area (Å²) in [5.41, 5.74) is 0. The highest BCUT2D eigenvalue weighted by Gasteiger charge is 2.27. The summed E-state index contributed by atoms with van der Waals surface area (Å²) in [4.78, 5) is 16.2. The lowest BCUT2D eigenvalue weighted by atomic mass is 10.3. The maximum absolute atomic E-state index is 4.47. The highest BCUT2D eigenvalue weighted by atomic mass is 127. The number of aromatic nitrogens is 1. The molecule has 0 bridgehead atoms. The van der Waals surface area contributed by atoms with Gasteiger partial charge in [0.15, 0.2) is 5.96 Å². The highest BCUT2D eigenvalue weighted by molar-refractivity contribution is 14.0. The molecule has 3 rings (SSSR count). The first-order valence-electron chi connectivity index (χ1n) is 9.17. The Kier molecular flexibility index (Phi) is 8.21. The maximum Gasteiger partial charge on any atom is 0.193 e. The second kappa shape index (κ2) is 10.2. The lowest BCUT2D eigenvalue weighted by Crippen LogP contribution is -2.53. The molecule has 2 heterocycles. The first kappa shape index (κ1) is 20.2. The minimum absolute atomic E-state index is 0. The summed E-state index contributed by atoms with van der Waals surface area (Å²) in [5.74, 6) is 2.10. The second-order valence-electron chi connectivity index (χ2n) is 6.50. The molecule has 7 heteroatoms. The van der Waals surface area contributed by atoms with Gasteiger partial charge < -0.3 is 15.1 Å². The number of hydrogen-bond donors (Lipinski definition) is 1. The molecule has 1 aliphatic carbocycles. The first-order chi connectivity index (χ1) is 11.8. The van der Waals surface area contributed by atoms with E-state index in [1.807, 2.05) is 19.3 Å². The molecular weight excluding hydrogens is 427 g/mol. The molecule has 0 unspecified atom stereocenters. The SMILES string of the molecule is CCN(CCNC(=NC)N1CCN(c2ccccn2)CC1)C1CC1.I. The molecule has 0 amide bonds. The molecular formula is C18H31IN6. The highest BCUT2D eigenvalue weighted by Crippen LogP contribution is 2.25. The number of nitrogens with zero attached hydrogens (tertiary/aromatic N) is 5. The Labute approximate surface area is 168 Å². The van der Waals surface area contributed by atoms with Crippen LogP contribution in [0.3, 0.4) is 0 Å². The number of nitrogens with one attached hydrogen (secondary N) is 1. The van der Waals surface area contributed by atoms with Gasteiger partial charge in [-0.2, -0.15) is 0 Å². The molecule has 0 spiro atoms. The number of piperazine rings is 1. The first-order valence-corrected chi connectivity index (χ1v) is 9.17. The fourth-order valence-electron chi connectivity index (χ4n) is 3.37. The van der Waals surface area contributed by atoms with Gasteiger partial charge in [-0.15, -0.1) is 24.0 Å². The number of anilines is 1. The van der Waals surface area contributed by atoms with Crippen LogP contribution in [0.25, 0.3) is 0 Å². The molecule has 6 nitrogen and oxygen atoms in total. The monoisotopic (exact) mass is 458 g/mol. The number of halogens is 1. The number of rotatable bonds is 6. The molecule has 25 heavy (non-hydrogen) atoms. The van der Waals surface area contributed by atoms with E-state index in [0.717, 1.165) is 63.6 Å². The third-order valence-electron chi connectivity index (χ3n) is 4.92. The number of hydrogen-bond acceptors (Lipinski definition) is 4. The molecule has 1 saturated carbocycles. The average Bonchev–Trinajstić information content (AvgIpc) is 3.48. The van der Waals surface area contributed by atoms with Crippen molar-refractivity contribution in [2.45, 2.75) is 25.8 Å². The molecule has 0 aromatic carbocycles. The average molecular weight is 458 g/mol. The second-order valence-corrected chi connectivity index (χ2v) is 6.50. The van der Waals surface area contributed by atoms with Crippen LogP contribution in [0, 0.1) is 0 Å². The summed E-state index contributed by atoms with van der Waals surface area (Å²) in [6.45, 7) is 9.41. The largest absolute Gasteiger partial charge is 0.355 e. The van der Waals surface area contributed by atoms with Gasteiger partial charge >= 0.3 is 0 Å². The van der Waals surface area contributed by atoms with Crippen molar-refractivity contribution < 1.29 is 0 Å². The van der Waals surface area contributed by atoms with Crippen LogP contribution in [0.15, 0.2) is 29.4 Å². The fourth-order valence-corrected chi connectivity index (χ4v) is 3.37. The topological polar surface area (TPSA) is 47.0 Å². The smallest absolute Gasteiger partial charge is 0.193 e. The molecule has 1 aliphatic heterocycles. The molecule has 2 aliphatic rings. The van der Waals surface area contributed by atoms with Gasteiger partial charge in [-0.05, 0) is 31.5 Å². The van der Waals surface area contributed by atoms with Crippen LogP contribution in [0.4, 0.5) is 5.82 Å². The lowest BCUT2D eigenvalue weighted by molar-refractivity contribution is 0.279. The van der Waals surface area contributed by atoms with Crippen LogP contribution >= 0.6 is 24.0 Å². The van der Waals surface area contributed by atoms with Crippen LogP contribution in [-0.2, 0) is 0 Å². The summed E-state index contributed by atoms with van der Waals surface area (Å²) in [6, 6.07) is 6.93.